The zero-order chi connectivity index (χ0) is 21.1. The maximum atomic E-state index is 13.3. The molecule has 0 bridgehead atoms. The summed E-state index contributed by atoms with van der Waals surface area (Å²) in [6.07, 6.45) is 1.69. The second-order valence-corrected chi connectivity index (χ2v) is 7.73. The Morgan fingerprint density at radius 2 is 1.90 bits per heavy atom. The molecule has 0 fully saturated rings. The van der Waals surface area contributed by atoms with Gasteiger partial charge in [0.05, 0.1) is 5.52 Å². The van der Waals surface area contributed by atoms with Gasteiger partial charge in [-0.1, -0.05) is 34.1 Å². The van der Waals surface area contributed by atoms with Crippen molar-refractivity contribution in [2.45, 2.75) is 13.5 Å². The predicted octanol–water partition coefficient (Wildman–Crippen LogP) is 6.17. The van der Waals surface area contributed by atoms with E-state index in [1.165, 1.54) is 12.1 Å². The minimum atomic E-state index is -0.329. The Balaban J connectivity index is 1.57. The lowest BCUT2D eigenvalue weighted by molar-refractivity contribution is 0.0950. The predicted molar refractivity (Wildman–Crippen MR) is 118 cm³/mol. The van der Waals surface area contributed by atoms with Gasteiger partial charge in [0.1, 0.15) is 17.3 Å². The number of nitrogens with one attached hydrogen (secondary N) is 1. The molecule has 150 valence electrons. The highest BCUT2D eigenvalue weighted by molar-refractivity contribution is 9.10. The number of carbonyl (C=O) groups is 1. The molecule has 1 heterocycles. The van der Waals surface area contributed by atoms with Gasteiger partial charge in [0.25, 0.3) is 5.91 Å². The third kappa shape index (κ3) is 4.33. The third-order valence-corrected chi connectivity index (χ3v) is 5.25. The number of hydrogen-bond donors (Lipinski definition) is 1. The lowest BCUT2D eigenvalue weighted by Gasteiger charge is -2.14. The van der Waals surface area contributed by atoms with E-state index in [-0.39, 0.29) is 18.3 Å². The molecule has 0 atom stereocenters. The summed E-state index contributed by atoms with van der Waals surface area (Å²) in [5.41, 5.74) is 2.73. The number of aromatic nitrogens is 1. The standard InChI is InChI=1S/C24H18BrFN2O2/c1-15-19(24(29)28-14-16-4-2-5-18(26)12-16)6-3-7-22(15)30-23-10-11-27-21-13-17(25)8-9-20(21)23/h2-13H,14H2,1H3,(H,28,29). The van der Waals surface area contributed by atoms with Gasteiger partial charge in [-0.15, -0.1) is 0 Å². The maximum absolute atomic E-state index is 13.3. The van der Waals surface area contributed by atoms with Crippen molar-refractivity contribution in [3.63, 3.8) is 0 Å². The van der Waals surface area contributed by atoms with Gasteiger partial charge in [-0.2, -0.15) is 0 Å². The Bertz CT molecular complexity index is 1240. The zero-order valence-electron chi connectivity index (χ0n) is 16.2. The molecule has 1 amide bonds. The van der Waals surface area contributed by atoms with Crippen molar-refractivity contribution in [2.75, 3.05) is 0 Å². The normalized spacial score (nSPS) is 10.8. The van der Waals surface area contributed by atoms with Gasteiger partial charge in [0, 0.05) is 33.7 Å². The molecule has 4 nitrogen and oxygen atoms in total. The summed E-state index contributed by atoms with van der Waals surface area (Å²) in [7, 11) is 0. The van der Waals surface area contributed by atoms with Crippen LogP contribution in [0.5, 0.6) is 11.5 Å². The van der Waals surface area contributed by atoms with Crippen LogP contribution in [0.15, 0.2) is 77.4 Å². The third-order valence-electron chi connectivity index (χ3n) is 4.76. The van der Waals surface area contributed by atoms with Gasteiger partial charge in [0.15, 0.2) is 0 Å². The Hall–Kier alpha value is -3.25. The first-order valence-corrected chi connectivity index (χ1v) is 10.1. The van der Waals surface area contributed by atoms with Crippen molar-refractivity contribution in [3.8, 4) is 11.5 Å². The molecule has 0 saturated heterocycles. The van der Waals surface area contributed by atoms with Gasteiger partial charge in [-0.3, -0.25) is 9.78 Å². The molecule has 0 saturated carbocycles. The van der Waals surface area contributed by atoms with Gasteiger partial charge in [-0.25, -0.2) is 4.39 Å². The van der Waals surface area contributed by atoms with Crippen LogP contribution in [-0.4, -0.2) is 10.9 Å². The molecular weight excluding hydrogens is 447 g/mol. The number of nitrogens with zero attached hydrogens (tertiary/aromatic N) is 1. The van der Waals surface area contributed by atoms with E-state index in [9.17, 15) is 9.18 Å². The molecule has 0 aliphatic rings. The van der Waals surface area contributed by atoms with Crippen LogP contribution in [0.25, 0.3) is 10.9 Å². The first kappa shape index (κ1) is 20.0. The van der Waals surface area contributed by atoms with Crippen LogP contribution in [0.3, 0.4) is 0 Å². The average Bonchev–Trinajstić information content (AvgIpc) is 2.73. The van der Waals surface area contributed by atoms with E-state index in [1.54, 1.807) is 36.5 Å². The number of ether oxygens (including phenoxy) is 1. The molecule has 6 heteroatoms. The lowest BCUT2D eigenvalue weighted by Crippen LogP contribution is -2.23. The van der Waals surface area contributed by atoms with Crippen LogP contribution in [0, 0.1) is 12.7 Å². The Morgan fingerprint density at radius 1 is 1.07 bits per heavy atom. The molecule has 30 heavy (non-hydrogen) atoms. The van der Waals surface area contributed by atoms with E-state index in [1.807, 2.05) is 31.2 Å². The first-order valence-electron chi connectivity index (χ1n) is 9.35. The summed E-state index contributed by atoms with van der Waals surface area (Å²) >= 11 is 3.45. The minimum Gasteiger partial charge on any atom is -0.456 e. The number of amides is 1. The first-order chi connectivity index (χ1) is 14.5. The number of fused-ring (bicyclic) bond motifs is 1. The molecule has 0 radical (unpaired) electrons. The molecule has 1 aromatic heterocycles. The monoisotopic (exact) mass is 464 g/mol. The maximum Gasteiger partial charge on any atom is 0.251 e. The summed E-state index contributed by atoms with van der Waals surface area (Å²) in [5, 5.41) is 3.71. The molecule has 0 aliphatic carbocycles. The quantitative estimate of drug-likeness (QED) is 0.384. The molecule has 0 aliphatic heterocycles. The fraction of sp³-hybridized carbons (Fsp3) is 0.0833. The smallest absolute Gasteiger partial charge is 0.251 e. The Kier molecular flexibility index (Phi) is 5.77. The number of pyridine rings is 1. The van der Waals surface area contributed by atoms with E-state index in [0.29, 0.717) is 22.6 Å². The molecule has 4 rings (SSSR count). The van der Waals surface area contributed by atoms with Crippen LogP contribution in [-0.2, 0) is 6.54 Å². The van der Waals surface area contributed by atoms with E-state index in [2.05, 4.69) is 26.2 Å². The minimum absolute atomic E-state index is 0.241. The highest BCUT2D eigenvalue weighted by Crippen LogP contribution is 2.32. The number of rotatable bonds is 5. The molecule has 4 aromatic rings. The van der Waals surface area contributed by atoms with Crippen LogP contribution < -0.4 is 10.1 Å². The van der Waals surface area contributed by atoms with Crippen LogP contribution in [0.1, 0.15) is 21.5 Å². The fourth-order valence-corrected chi connectivity index (χ4v) is 3.55. The topological polar surface area (TPSA) is 51.2 Å². The molecule has 1 N–H and O–H groups in total. The van der Waals surface area contributed by atoms with Gasteiger partial charge in [-0.05, 0) is 61.0 Å². The summed E-state index contributed by atoms with van der Waals surface area (Å²) in [4.78, 5) is 17.1. The van der Waals surface area contributed by atoms with Gasteiger partial charge in [0.2, 0.25) is 0 Å². The van der Waals surface area contributed by atoms with Crippen LogP contribution >= 0.6 is 15.9 Å². The Labute approximate surface area is 181 Å². The van der Waals surface area contributed by atoms with Crippen molar-refractivity contribution in [1.82, 2.24) is 10.3 Å². The largest absolute Gasteiger partial charge is 0.456 e. The summed E-state index contributed by atoms with van der Waals surface area (Å²) in [6, 6.07) is 19.1. The number of hydrogen-bond acceptors (Lipinski definition) is 3. The highest BCUT2D eigenvalue weighted by atomic mass is 79.9. The van der Waals surface area contributed by atoms with Crippen molar-refractivity contribution >= 4 is 32.7 Å². The molecular formula is C24H18BrFN2O2. The SMILES string of the molecule is Cc1c(Oc2ccnc3cc(Br)ccc23)cccc1C(=O)NCc1cccc(F)c1. The number of carbonyl (C=O) groups excluding carboxylic acids is 1. The van der Waals surface area contributed by atoms with Gasteiger partial charge < -0.3 is 10.1 Å². The van der Waals surface area contributed by atoms with E-state index < -0.39 is 0 Å². The van der Waals surface area contributed by atoms with Crippen LogP contribution in [0.2, 0.25) is 0 Å². The van der Waals surface area contributed by atoms with Crippen molar-refractivity contribution in [1.29, 1.82) is 0 Å². The summed E-state index contributed by atoms with van der Waals surface area (Å²) < 4.78 is 20.4. The van der Waals surface area contributed by atoms with E-state index >= 15 is 0 Å². The average molecular weight is 465 g/mol. The van der Waals surface area contributed by atoms with Crippen molar-refractivity contribution in [3.05, 3.63) is 99.9 Å². The van der Waals surface area contributed by atoms with E-state index in [0.717, 1.165) is 20.9 Å². The molecule has 0 spiro atoms. The summed E-state index contributed by atoms with van der Waals surface area (Å²) in [5.74, 6) is 0.674. The van der Waals surface area contributed by atoms with Crippen molar-refractivity contribution < 1.29 is 13.9 Å². The second kappa shape index (κ2) is 8.63. The number of benzene rings is 3. The van der Waals surface area contributed by atoms with Crippen LogP contribution in [0.4, 0.5) is 4.39 Å². The van der Waals surface area contributed by atoms with Crippen molar-refractivity contribution in [2.24, 2.45) is 0 Å². The second-order valence-electron chi connectivity index (χ2n) is 6.81. The highest BCUT2D eigenvalue weighted by Gasteiger charge is 2.14. The zero-order valence-corrected chi connectivity index (χ0v) is 17.7. The Morgan fingerprint density at radius 3 is 2.73 bits per heavy atom. The molecule has 0 unspecified atom stereocenters. The summed E-state index contributed by atoms with van der Waals surface area (Å²) in [6.45, 7) is 2.08. The van der Waals surface area contributed by atoms with Gasteiger partial charge >= 0.3 is 0 Å². The lowest BCUT2D eigenvalue weighted by atomic mass is 10.1. The number of halogens is 2. The fourth-order valence-electron chi connectivity index (χ4n) is 3.20. The molecule has 3 aromatic carbocycles. The van der Waals surface area contributed by atoms with E-state index in [4.69, 9.17) is 4.74 Å².